The number of anilines is 2. The molecule has 7 nitrogen and oxygen atoms in total. The third-order valence-electron chi connectivity index (χ3n) is 4.58. The number of rotatable bonds is 8. The van der Waals surface area contributed by atoms with Crippen LogP contribution in [-0.4, -0.2) is 41.3 Å². The van der Waals surface area contributed by atoms with E-state index in [0.29, 0.717) is 5.69 Å². The summed E-state index contributed by atoms with van der Waals surface area (Å²) in [5.41, 5.74) is 1.38. The molecule has 9 heteroatoms. The number of benzene rings is 2. The molecular weight excluding hydrogens is 445 g/mol. The molecule has 0 spiro atoms. The molecule has 0 aliphatic carbocycles. The summed E-state index contributed by atoms with van der Waals surface area (Å²) in [6.45, 7) is 1.34. The minimum absolute atomic E-state index is 0.0954. The normalized spacial score (nSPS) is 10.8. The zero-order valence-electron chi connectivity index (χ0n) is 18.1. The predicted molar refractivity (Wildman–Crippen MR) is 124 cm³/mol. The van der Waals surface area contributed by atoms with Crippen LogP contribution in [0.15, 0.2) is 66.1 Å². The van der Waals surface area contributed by atoms with Crippen molar-refractivity contribution in [3.63, 3.8) is 0 Å². The SMILES string of the molecule is COC(=O)CN(Cc1ccccc1)C(=O)/C=C/c1csc(N(C(C)=O)c2ccccc2F)n1. The van der Waals surface area contributed by atoms with Crippen molar-refractivity contribution in [2.75, 3.05) is 18.6 Å². The average molecular weight is 468 g/mol. The Morgan fingerprint density at radius 1 is 1.09 bits per heavy atom. The van der Waals surface area contributed by atoms with E-state index in [4.69, 9.17) is 4.74 Å². The van der Waals surface area contributed by atoms with Crippen LogP contribution in [0.4, 0.5) is 15.2 Å². The number of aromatic nitrogens is 1. The Morgan fingerprint density at radius 2 is 1.79 bits per heavy atom. The zero-order chi connectivity index (χ0) is 23.8. The topological polar surface area (TPSA) is 79.8 Å². The van der Waals surface area contributed by atoms with Crippen molar-refractivity contribution in [2.24, 2.45) is 0 Å². The van der Waals surface area contributed by atoms with Crippen LogP contribution in [0.3, 0.4) is 0 Å². The van der Waals surface area contributed by atoms with Crippen LogP contribution in [0.1, 0.15) is 18.2 Å². The highest BCUT2D eigenvalue weighted by Crippen LogP contribution is 2.31. The molecule has 0 aliphatic rings. The monoisotopic (exact) mass is 467 g/mol. The Bertz CT molecular complexity index is 1160. The van der Waals surface area contributed by atoms with E-state index in [1.807, 2.05) is 30.3 Å². The number of methoxy groups -OCH3 is 1. The van der Waals surface area contributed by atoms with Crippen LogP contribution in [-0.2, 0) is 25.7 Å². The summed E-state index contributed by atoms with van der Waals surface area (Å²) in [6.07, 6.45) is 2.78. The number of esters is 1. The Kier molecular flexibility index (Phi) is 8.04. The van der Waals surface area contributed by atoms with Gasteiger partial charge in [-0.2, -0.15) is 0 Å². The summed E-state index contributed by atoms with van der Waals surface area (Å²) >= 11 is 1.14. The Morgan fingerprint density at radius 3 is 2.45 bits per heavy atom. The molecule has 0 aliphatic heterocycles. The summed E-state index contributed by atoms with van der Waals surface area (Å²) in [5, 5.41) is 1.92. The van der Waals surface area contributed by atoms with E-state index in [-0.39, 0.29) is 23.9 Å². The number of thiazole rings is 1. The van der Waals surface area contributed by atoms with Gasteiger partial charge in [-0.3, -0.25) is 19.3 Å². The maximum atomic E-state index is 14.2. The standard InChI is InChI=1S/C24H22FN3O4S/c1-17(29)28(21-11-7-6-10-20(21)25)24-26-19(16-33-24)12-13-22(30)27(15-23(31)32-2)14-18-8-4-3-5-9-18/h3-13,16H,14-15H2,1-2H3/b13-12+. The van der Waals surface area contributed by atoms with Gasteiger partial charge < -0.3 is 9.64 Å². The minimum atomic E-state index is -0.547. The highest BCUT2D eigenvalue weighted by molar-refractivity contribution is 7.14. The van der Waals surface area contributed by atoms with Crippen LogP contribution < -0.4 is 4.90 Å². The molecule has 2 amide bonds. The molecule has 3 rings (SSSR count). The molecule has 0 atom stereocenters. The lowest BCUT2D eigenvalue weighted by molar-refractivity contribution is -0.145. The van der Waals surface area contributed by atoms with Crippen molar-refractivity contribution in [1.82, 2.24) is 9.88 Å². The molecule has 0 unspecified atom stereocenters. The van der Waals surface area contributed by atoms with Gasteiger partial charge in [0, 0.05) is 24.9 Å². The first kappa shape index (κ1) is 23.8. The predicted octanol–water partition coefficient (Wildman–Crippen LogP) is 4.18. The zero-order valence-corrected chi connectivity index (χ0v) is 18.9. The first-order chi connectivity index (χ1) is 15.9. The minimum Gasteiger partial charge on any atom is -0.468 e. The molecule has 1 aromatic heterocycles. The second-order valence-electron chi connectivity index (χ2n) is 6.95. The fourth-order valence-corrected chi connectivity index (χ4v) is 3.84. The number of hydrogen-bond acceptors (Lipinski definition) is 6. The maximum Gasteiger partial charge on any atom is 0.325 e. The van der Waals surface area contributed by atoms with Crippen LogP contribution in [0.2, 0.25) is 0 Å². The van der Waals surface area contributed by atoms with Crippen LogP contribution in [0.5, 0.6) is 0 Å². The number of carbonyl (C=O) groups is 3. The number of halogens is 1. The first-order valence-electron chi connectivity index (χ1n) is 9.97. The fraction of sp³-hybridized carbons (Fsp3) is 0.167. The second-order valence-corrected chi connectivity index (χ2v) is 7.79. The number of ether oxygens (including phenoxy) is 1. The lowest BCUT2D eigenvalue weighted by Gasteiger charge is -2.20. The van der Waals surface area contributed by atoms with Gasteiger partial charge in [-0.25, -0.2) is 9.37 Å². The summed E-state index contributed by atoms with van der Waals surface area (Å²) in [6, 6.07) is 15.2. The fourth-order valence-electron chi connectivity index (χ4n) is 2.99. The summed E-state index contributed by atoms with van der Waals surface area (Å²) < 4.78 is 18.9. The van der Waals surface area contributed by atoms with Gasteiger partial charge in [0.2, 0.25) is 11.8 Å². The highest BCUT2D eigenvalue weighted by atomic mass is 32.1. The van der Waals surface area contributed by atoms with Crippen molar-refractivity contribution in [2.45, 2.75) is 13.5 Å². The number of hydrogen-bond donors (Lipinski definition) is 0. The maximum absolute atomic E-state index is 14.2. The molecule has 2 aromatic carbocycles. The highest BCUT2D eigenvalue weighted by Gasteiger charge is 2.21. The van der Waals surface area contributed by atoms with E-state index in [9.17, 15) is 18.8 Å². The molecule has 0 saturated heterocycles. The van der Waals surface area contributed by atoms with Gasteiger partial charge >= 0.3 is 5.97 Å². The van der Waals surface area contributed by atoms with E-state index in [2.05, 4.69) is 4.98 Å². The van der Waals surface area contributed by atoms with Gasteiger partial charge in [0.25, 0.3) is 0 Å². The van der Waals surface area contributed by atoms with Crippen molar-refractivity contribution in [3.05, 3.63) is 83.1 Å². The molecule has 170 valence electrons. The van der Waals surface area contributed by atoms with E-state index < -0.39 is 23.6 Å². The molecule has 33 heavy (non-hydrogen) atoms. The van der Waals surface area contributed by atoms with Crippen LogP contribution in [0, 0.1) is 5.82 Å². The summed E-state index contributed by atoms with van der Waals surface area (Å²) in [4.78, 5) is 43.6. The van der Waals surface area contributed by atoms with E-state index >= 15 is 0 Å². The molecule has 0 radical (unpaired) electrons. The molecular formula is C24H22FN3O4S. The Labute approximate surface area is 194 Å². The second kappa shape index (κ2) is 11.1. The number of para-hydroxylation sites is 1. The third kappa shape index (κ3) is 6.33. The van der Waals surface area contributed by atoms with Crippen molar-refractivity contribution < 1.29 is 23.5 Å². The first-order valence-corrected chi connectivity index (χ1v) is 10.9. The van der Waals surface area contributed by atoms with Crippen molar-refractivity contribution in [1.29, 1.82) is 0 Å². The van der Waals surface area contributed by atoms with Gasteiger partial charge in [0.15, 0.2) is 5.13 Å². The number of nitrogens with zero attached hydrogens (tertiary/aromatic N) is 3. The van der Waals surface area contributed by atoms with Crippen molar-refractivity contribution >= 4 is 46.0 Å². The third-order valence-corrected chi connectivity index (χ3v) is 5.43. The molecule has 0 saturated carbocycles. The van der Waals surface area contributed by atoms with Gasteiger partial charge in [-0.1, -0.05) is 42.5 Å². The lowest BCUT2D eigenvalue weighted by Crippen LogP contribution is -2.34. The van der Waals surface area contributed by atoms with Crippen LogP contribution in [0.25, 0.3) is 6.08 Å². The lowest BCUT2D eigenvalue weighted by atomic mass is 10.2. The van der Waals surface area contributed by atoms with Gasteiger partial charge in [-0.05, 0) is 23.8 Å². The molecule has 0 fully saturated rings. The Hall–Kier alpha value is -3.85. The van der Waals surface area contributed by atoms with E-state index in [1.54, 1.807) is 11.4 Å². The average Bonchev–Trinajstić information content (AvgIpc) is 3.27. The number of carbonyl (C=O) groups excluding carboxylic acids is 3. The van der Waals surface area contributed by atoms with Gasteiger partial charge in [-0.15, -0.1) is 11.3 Å². The van der Waals surface area contributed by atoms with Crippen molar-refractivity contribution in [3.8, 4) is 0 Å². The quantitative estimate of drug-likeness (QED) is 0.367. The number of amides is 2. The molecule has 3 aromatic rings. The van der Waals surface area contributed by atoms with Gasteiger partial charge in [0.05, 0.1) is 18.5 Å². The Balaban J connectivity index is 1.79. The summed E-state index contributed by atoms with van der Waals surface area (Å²) in [5.74, 6) is -1.88. The molecule has 0 bridgehead atoms. The van der Waals surface area contributed by atoms with Crippen LogP contribution >= 0.6 is 11.3 Å². The summed E-state index contributed by atoms with van der Waals surface area (Å²) in [7, 11) is 1.26. The van der Waals surface area contributed by atoms with E-state index in [0.717, 1.165) is 16.9 Å². The molecule has 1 heterocycles. The largest absolute Gasteiger partial charge is 0.468 e. The molecule has 0 N–H and O–H groups in total. The smallest absolute Gasteiger partial charge is 0.325 e. The van der Waals surface area contributed by atoms with Gasteiger partial charge in [0.1, 0.15) is 12.4 Å². The van der Waals surface area contributed by atoms with E-state index in [1.165, 1.54) is 54.2 Å².